The molecule has 3 atom stereocenters. The Morgan fingerprint density at radius 2 is 2.00 bits per heavy atom. The van der Waals surface area contributed by atoms with E-state index in [0.717, 1.165) is 12.8 Å². The molecule has 2 rings (SSSR count). The van der Waals surface area contributed by atoms with Crippen LogP contribution in [-0.4, -0.2) is 10.7 Å². The molecule has 80 valence electrons. The zero-order chi connectivity index (χ0) is 10.6. The fourth-order valence-corrected chi connectivity index (χ4v) is 3.64. The summed E-state index contributed by atoms with van der Waals surface area (Å²) < 4.78 is 0. The van der Waals surface area contributed by atoms with E-state index in [1.807, 2.05) is 0 Å². The van der Waals surface area contributed by atoms with Crippen LogP contribution < -0.4 is 0 Å². The fraction of sp³-hybridized carbons (Fsp3) is 0.846. The molecule has 0 aliphatic heterocycles. The standard InChI is InChI=1S/C13H22O/c1-9-5-6-11-12(3,4)10(2)8-13(11,14)7-9/h9,11,14H,2,5-8H2,1,3-4H3/t9-,11+,13+/m1/s1. The van der Waals surface area contributed by atoms with E-state index in [0.29, 0.717) is 11.8 Å². The molecular weight excluding hydrogens is 172 g/mol. The summed E-state index contributed by atoms with van der Waals surface area (Å²) in [6, 6.07) is 0. The predicted molar refractivity (Wildman–Crippen MR) is 59.0 cm³/mol. The van der Waals surface area contributed by atoms with Crippen molar-refractivity contribution in [3.05, 3.63) is 12.2 Å². The van der Waals surface area contributed by atoms with Gasteiger partial charge in [-0.2, -0.15) is 0 Å². The van der Waals surface area contributed by atoms with Crippen LogP contribution in [0.2, 0.25) is 0 Å². The molecule has 2 aliphatic carbocycles. The van der Waals surface area contributed by atoms with Crippen LogP contribution in [0.1, 0.15) is 46.5 Å². The van der Waals surface area contributed by atoms with Crippen molar-refractivity contribution in [2.45, 2.75) is 52.1 Å². The lowest BCUT2D eigenvalue weighted by molar-refractivity contribution is -0.0651. The highest BCUT2D eigenvalue weighted by Gasteiger charge is 2.55. The first kappa shape index (κ1) is 10.2. The van der Waals surface area contributed by atoms with E-state index >= 15 is 0 Å². The minimum atomic E-state index is -0.432. The summed E-state index contributed by atoms with van der Waals surface area (Å²) in [7, 11) is 0. The van der Waals surface area contributed by atoms with Crippen LogP contribution in [0, 0.1) is 17.3 Å². The third kappa shape index (κ3) is 1.25. The van der Waals surface area contributed by atoms with Crippen molar-refractivity contribution in [3.63, 3.8) is 0 Å². The van der Waals surface area contributed by atoms with Crippen molar-refractivity contribution in [1.29, 1.82) is 0 Å². The Kier molecular flexibility index (Phi) is 2.08. The summed E-state index contributed by atoms with van der Waals surface area (Å²) in [5.74, 6) is 1.12. The van der Waals surface area contributed by atoms with Gasteiger partial charge in [-0.05, 0) is 36.5 Å². The second kappa shape index (κ2) is 2.85. The minimum Gasteiger partial charge on any atom is -0.389 e. The number of aliphatic hydroxyl groups is 1. The summed E-state index contributed by atoms with van der Waals surface area (Å²) in [5.41, 5.74) is 0.965. The molecule has 2 saturated carbocycles. The van der Waals surface area contributed by atoms with Gasteiger partial charge in [0.25, 0.3) is 0 Å². The van der Waals surface area contributed by atoms with Crippen LogP contribution in [0.4, 0.5) is 0 Å². The molecule has 0 aromatic heterocycles. The van der Waals surface area contributed by atoms with Crippen molar-refractivity contribution in [2.75, 3.05) is 0 Å². The van der Waals surface area contributed by atoms with Gasteiger partial charge in [-0.15, -0.1) is 0 Å². The molecule has 0 saturated heterocycles. The van der Waals surface area contributed by atoms with Crippen molar-refractivity contribution < 1.29 is 5.11 Å². The van der Waals surface area contributed by atoms with E-state index in [1.165, 1.54) is 18.4 Å². The topological polar surface area (TPSA) is 20.2 Å². The van der Waals surface area contributed by atoms with Crippen LogP contribution >= 0.6 is 0 Å². The van der Waals surface area contributed by atoms with E-state index in [2.05, 4.69) is 27.4 Å². The maximum absolute atomic E-state index is 10.6. The van der Waals surface area contributed by atoms with E-state index < -0.39 is 5.60 Å². The van der Waals surface area contributed by atoms with Crippen LogP contribution in [0.3, 0.4) is 0 Å². The van der Waals surface area contributed by atoms with Gasteiger partial charge in [0.15, 0.2) is 0 Å². The van der Waals surface area contributed by atoms with Crippen LogP contribution in [0.15, 0.2) is 12.2 Å². The van der Waals surface area contributed by atoms with Crippen molar-refractivity contribution in [2.24, 2.45) is 17.3 Å². The highest BCUT2D eigenvalue weighted by atomic mass is 16.3. The molecule has 0 spiro atoms. The average Bonchev–Trinajstić information content (AvgIpc) is 2.17. The second-order valence-electron chi connectivity index (χ2n) is 6.04. The summed E-state index contributed by atoms with van der Waals surface area (Å²) in [4.78, 5) is 0. The Balaban J connectivity index is 2.31. The van der Waals surface area contributed by atoms with Crippen LogP contribution in [-0.2, 0) is 0 Å². The highest BCUT2D eigenvalue weighted by Crippen LogP contribution is 2.58. The first-order valence-electron chi connectivity index (χ1n) is 5.77. The molecule has 0 amide bonds. The van der Waals surface area contributed by atoms with Gasteiger partial charge in [-0.1, -0.05) is 39.3 Å². The molecule has 2 fully saturated rings. The third-order valence-corrected chi connectivity index (χ3v) is 4.60. The van der Waals surface area contributed by atoms with Gasteiger partial charge in [0.1, 0.15) is 0 Å². The Morgan fingerprint density at radius 3 is 2.64 bits per heavy atom. The van der Waals surface area contributed by atoms with Crippen LogP contribution in [0.5, 0.6) is 0 Å². The Bertz CT molecular complexity index is 266. The largest absolute Gasteiger partial charge is 0.389 e. The van der Waals surface area contributed by atoms with Gasteiger partial charge in [-0.3, -0.25) is 0 Å². The first-order chi connectivity index (χ1) is 6.36. The maximum Gasteiger partial charge on any atom is 0.0723 e. The van der Waals surface area contributed by atoms with E-state index in [1.54, 1.807) is 0 Å². The molecule has 0 radical (unpaired) electrons. The smallest absolute Gasteiger partial charge is 0.0723 e. The lowest BCUT2D eigenvalue weighted by Crippen LogP contribution is -2.42. The van der Waals surface area contributed by atoms with Gasteiger partial charge < -0.3 is 5.11 Å². The average molecular weight is 194 g/mol. The molecule has 1 heteroatoms. The summed E-state index contributed by atoms with van der Waals surface area (Å²) in [5, 5.41) is 10.6. The summed E-state index contributed by atoms with van der Waals surface area (Å²) >= 11 is 0. The third-order valence-electron chi connectivity index (χ3n) is 4.60. The SMILES string of the molecule is C=C1C[C@@]2(O)C[C@H](C)CC[C@H]2C1(C)C. The highest BCUT2D eigenvalue weighted by molar-refractivity contribution is 5.24. The Hall–Kier alpha value is -0.300. The van der Waals surface area contributed by atoms with Crippen molar-refractivity contribution in [3.8, 4) is 0 Å². The van der Waals surface area contributed by atoms with Gasteiger partial charge in [0.2, 0.25) is 0 Å². The lowest BCUT2D eigenvalue weighted by Gasteiger charge is -2.42. The molecule has 1 nitrogen and oxygen atoms in total. The summed E-state index contributed by atoms with van der Waals surface area (Å²) in [6.07, 6.45) is 4.24. The molecule has 1 N–H and O–H groups in total. The van der Waals surface area contributed by atoms with Crippen molar-refractivity contribution >= 4 is 0 Å². The van der Waals surface area contributed by atoms with Gasteiger partial charge in [-0.25, -0.2) is 0 Å². The molecule has 14 heavy (non-hydrogen) atoms. The zero-order valence-electron chi connectivity index (χ0n) is 9.64. The quantitative estimate of drug-likeness (QED) is 0.587. The zero-order valence-corrected chi connectivity index (χ0v) is 9.64. The van der Waals surface area contributed by atoms with E-state index in [-0.39, 0.29) is 5.41 Å². The normalized spacial score (nSPS) is 46.4. The molecule has 0 aromatic rings. The van der Waals surface area contributed by atoms with Gasteiger partial charge in [0.05, 0.1) is 5.60 Å². The monoisotopic (exact) mass is 194 g/mol. The Labute approximate surface area is 87.2 Å². The maximum atomic E-state index is 10.6. The van der Waals surface area contributed by atoms with E-state index in [4.69, 9.17) is 0 Å². The molecule has 0 bridgehead atoms. The number of fused-ring (bicyclic) bond motifs is 1. The molecule has 0 heterocycles. The number of rotatable bonds is 0. The second-order valence-corrected chi connectivity index (χ2v) is 6.04. The fourth-order valence-electron chi connectivity index (χ4n) is 3.64. The van der Waals surface area contributed by atoms with Gasteiger partial charge in [0, 0.05) is 0 Å². The van der Waals surface area contributed by atoms with Crippen molar-refractivity contribution in [1.82, 2.24) is 0 Å². The van der Waals surface area contributed by atoms with Gasteiger partial charge >= 0.3 is 0 Å². The number of hydrogen-bond acceptors (Lipinski definition) is 1. The predicted octanol–water partition coefficient (Wildman–Crippen LogP) is 3.14. The number of hydrogen-bond donors (Lipinski definition) is 1. The van der Waals surface area contributed by atoms with Crippen LogP contribution in [0.25, 0.3) is 0 Å². The minimum absolute atomic E-state index is 0.148. The molecular formula is C13H22O. The van der Waals surface area contributed by atoms with E-state index in [9.17, 15) is 5.11 Å². The molecule has 0 unspecified atom stereocenters. The lowest BCUT2D eigenvalue weighted by atomic mass is 9.66. The molecule has 2 aliphatic rings. The Morgan fingerprint density at radius 1 is 1.36 bits per heavy atom. The first-order valence-corrected chi connectivity index (χ1v) is 5.77. The summed E-state index contributed by atoms with van der Waals surface area (Å²) in [6.45, 7) is 10.9. The molecule has 0 aromatic carbocycles.